The fourth-order valence-electron chi connectivity index (χ4n) is 1.41. The van der Waals surface area contributed by atoms with Gasteiger partial charge >= 0.3 is 0 Å². The number of pyridine rings is 1. The molecule has 1 aromatic rings. The molecule has 1 aromatic heterocycles. The summed E-state index contributed by atoms with van der Waals surface area (Å²) in [5.74, 6) is -0.931. The predicted molar refractivity (Wildman–Crippen MR) is 65.6 cm³/mol. The van der Waals surface area contributed by atoms with Crippen LogP contribution in [0.4, 0.5) is 5.82 Å². The third-order valence-electron chi connectivity index (χ3n) is 2.08. The highest BCUT2D eigenvalue weighted by atomic mass is 35.6. The van der Waals surface area contributed by atoms with E-state index < -0.39 is 15.5 Å². The van der Waals surface area contributed by atoms with E-state index in [1.807, 2.05) is 0 Å². The Kier molecular flexibility index (Phi) is 3.12. The first-order valence-corrected chi connectivity index (χ1v) is 5.62. The van der Waals surface area contributed by atoms with Crippen LogP contribution in [0.5, 0.6) is 0 Å². The summed E-state index contributed by atoms with van der Waals surface area (Å²) in [4.78, 5) is 27.5. The van der Waals surface area contributed by atoms with Crippen molar-refractivity contribution in [3.05, 3.63) is 35.5 Å². The van der Waals surface area contributed by atoms with Crippen LogP contribution in [0.15, 0.2) is 30.0 Å². The zero-order chi connectivity index (χ0) is 12.6. The predicted octanol–water partition coefficient (Wildman–Crippen LogP) is 2.51. The second-order valence-corrected chi connectivity index (χ2v) is 5.65. The number of aromatic nitrogens is 1. The molecule has 1 aliphatic rings. The summed E-state index contributed by atoms with van der Waals surface area (Å²) in [6.07, 6.45) is 2.46. The molecule has 4 nitrogen and oxygen atoms in total. The van der Waals surface area contributed by atoms with Gasteiger partial charge in [-0.3, -0.25) is 9.59 Å². The van der Waals surface area contributed by atoms with Gasteiger partial charge in [0.05, 0.1) is 11.1 Å². The van der Waals surface area contributed by atoms with E-state index in [9.17, 15) is 9.59 Å². The minimum atomic E-state index is -1.80. The van der Waals surface area contributed by atoms with Crippen LogP contribution in [0.1, 0.15) is 10.4 Å². The maximum absolute atomic E-state index is 12.0. The SMILES string of the molecule is O=C1Nc2ncccc2C(=O)C1=CC(Cl)(Cl)Cl. The van der Waals surface area contributed by atoms with E-state index in [-0.39, 0.29) is 17.0 Å². The van der Waals surface area contributed by atoms with Crippen molar-refractivity contribution in [2.24, 2.45) is 0 Å². The lowest BCUT2D eigenvalue weighted by atomic mass is 9.99. The number of rotatable bonds is 0. The largest absolute Gasteiger partial charge is 0.306 e. The van der Waals surface area contributed by atoms with Crippen molar-refractivity contribution in [1.82, 2.24) is 4.98 Å². The Morgan fingerprint density at radius 1 is 1.29 bits per heavy atom. The fourth-order valence-corrected chi connectivity index (χ4v) is 1.73. The van der Waals surface area contributed by atoms with Crippen molar-refractivity contribution < 1.29 is 9.59 Å². The maximum atomic E-state index is 12.0. The van der Waals surface area contributed by atoms with Crippen LogP contribution in [0.3, 0.4) is 0 Å². The highest BCUT2D eigenvalue weighted by Gasteiger charge is 2.32. The van der Waals surface area contributed by atoms with E-state index in [4.69, 9.17) is 34.8 Å². The van der Waals surface area contributed by atoms with Crippen molar-refractivity contribution in [2.75, 3.05) is 5.32 Å². The van der Waals surface area contributed by atoms with Gasteiger partial charge in [0.15, 0.2) is 0 Å². The van der Waals surface area contributed by atoms with E-state index in [0.29, 0.717) is 0 Å². The lowest BCUT2D eigenvalue weighted by Crippen LogP contribution is -2.29. The Bertz CT molecular complexity index is 535. The minimum absolute atomic E-state index is 0.203. The number of hydrogen-bond acceptors (Lipinski definition) is 3. The first kappa shape index (κ1) is 12.4. The molecule has 0 saturated heterocycles. The molecule has 88 valence electrons. The number of nitrogens with zero attached hydrogens (tertiary/aromatic N) is 1. The van der Waals surface area contributed by atoms with Crippen molar-refractivity contribution in [3.63, 3.8) is 0 Å². The van der Waals surface area contributed by atoms with Crippen LogP contribution in [0.2, 0.25) is 0 Å². The van der Waals surface area contributed by atoms with Crippen molar-refractivity contribution in [1.29, 1.82) is 0 Å². The van der Waals surface area contributed by atoms with E-state index in [1.165, 1.54) is 12.3 Å². The standard InChI is InChI=1S/C10H5Cl3N2O2/c11-10(12,13)4-6-7(16)5-2-1-3-14-8(5)15-9(6)17/h1-4H,(H,14,15,17). The number of hydrogen-bond donors (Lipinski definition) is 1. The quantitative estimate of drug-likeness (QED) is 0.454. The van der Waals surface area contributed by atoms with Crippen LogP contribution in [0.25, 0.3) is 0 Å². The molecule has 0 bridgehead atoms. The number of carbonyl (C=O) groups is 2. The van der Waals surface area contributed by atoms with Crippen LogP contribution in [0, 0.1) is 0 Å². The van der Waals surface area contributed by atoms with Crippen molar-refractivity contribution in [2.45, 2.75) is 3.79 Å². The maximum Gasteiger partial charge on any atom is 0.260 e. The average Bonchev–Trinajstić information content (AvgIpc) is 2.23. The van der Waals surface area contributed by atoms with Crippen LogP contribution < -0.4 is 5.32 Å². The van der Waals surface area contributed by atoms with Gasteiger partial charge in [0, 0.05) is 6.20 Å². The monoisotopic (exact) mass is 290 g/mol. The molecule has 2 rings (SSSR count). The molecular weight excluding hydrogens is 286 g/mol. The lowest BCUT2D eigenvalue weighted by molar-refractivity contribution is -0.112. The van der Waals surface area contributed by atoms with Gasteiger partial charge in [0.25, 0.3) is 5.91 Å². The van der Waals surface area contributed by atoms with Gasteiger partial charge in [0.2, 0.25) is 9.58 Å². The number of anilines is 1. The number of allylic oxidation sites excluding steroid dienone is 1. The van der Waals surface area contributed by atoms with E-state index in [0.717, 1.165) is 6.08 Å². The number of alkyl halides is 3. The Labute approximate surface area is 112 Å². The van der Waals surface area contributed by atoms with Gasteiger partial charge < -0.3 is 5.32 Å². The number of amides is 1. The average molecular weight is 292 g/mol. The number of fused-ring (bicyclic) bond motifs is 1. The summed E-state index contributed by atoms with van der Waals surface area (Å²) >= 11 is 16.6. The summed E-state index contributed by atoms with van der Waals surface area (Å²) in [7, 11) is 0. The Morgan fingerprint density at radius 2 is 2.00 bits per heavy atom. The summed E-state index contributed by atoms with van der Waals surface area (Å²) in [6.45, 7) is 0. The smallest absolute Gasteiger partial charge is 0.260 e. The molecule has 17 heavy (non-hydrogen) atoms. The number of Topliss-reactive ketones (excluding diaryl/α,β-unsaturated/α-hetero) is 1. The molecule has 1 amide bonds. The van der Waals surface area contributed by atoms with E-state index in [2.05, 4.69) is 10.3 Å². The van der Waals surface area contributed by atoms with Gasteiger partial charge in [0.1, 0.15) is 5.82 Å². The minimum Gasteiger partial charge on any atom is -0.306 e. The molecule has 0 aromatic carbocycles. The Balaban J connectivity index is 2.51. The first-order valence-electron chi connectivity index (χ1n) is 4.49. The molecular formula is C10H5Cl3N2O2. The molecule has 0 saturated carbocycles. The molecule has 2 heterocycles. The van der Waals surface area contributed by atoms with Gasteiger partial charge in [-0.25, -0.2) is 4.98 Å². The third kappa shape index (κ3) is 2.60. The number of ketones is 1. The van der Waals surface area contributed by atoms with Crippen LogP contribution in [-0.2, 0) is 4.79 Å². The summed E-state index contributed by atoms with van der Waals surface area (Å²) in [5.41, 5.74) is 0.0677. The highest BCUT2D eigenvalue weighted by Crippen LogP contribution is 2.32. The third-order valence-corrected chi connectivity index (χ3v) is 2.41. The zero-order valence-electron chi connectivity index (χ0n) is 8.21. The summed E-state index contributed by atoms with van der Waals surface area (Å²) in [5, 5.41) is 2.45. The van der Waals surface area contributed by atoms with Gasteiger partial charge in [-0.2, -0.15) is 0 Å². The summed E-state index contributed by atoms with van der Waals surface area (Å²) in [6, 6.07) is 3.12. The van der Waals surface area contributed by atoms with Gasteiger partial charge in [-0.1, -0.05) is 34.8 Å². The van der Waals surface area contributed by atoms with Gasteiger partial charge in [-0.05, 0) is 18.2 Å². The summed E-state index contributed by atoms with van der Waals surface area (Å²) < 4.78 is -1.80. The highest BCUT2D eigenvalue weighted by molar-refractivity contribution is 6.69. The number of nitrogens with one attached hydrogen (secondary N) is 1. The first-order chi connectivity index (χ1) is 7.88. The fraction of sp³-hybridized carbons (Fsp3) is 0.100. The second kappa shape index (κ2) is 4.29. The number of carbonyl (C=O) groups excluding carboxylic acids is 2. The van der Waals surface area contributed by atoms with E-state index >= 15 is 0 Å². The molecule has 0 unspecified atom stereocenters. The molecule has 7 heteroatoms. The molecule has 0 spiro atoms. The van der Waals surface area contributed by atoms with Crippen LogP contribution in [-0.4, -0.2) is 20.5 Å². The van der Waals surface area contributed by atoms with Crippen LogP contribution >= 0.6 is 34.8 Å². The zero-order valence-corrected chi connectivity index (χ0v) is 10.5. The van der Waals surface area contributed by atoms with Crippen molar-refractivity contribution in [3.8, 4) is 0 Å². The molecule has 0 atom stereocenters. The molecule has 1 N–H and O–H groups in total. The normalized spacial score (nSPS) is 17.9. The topological polar surface area (TPSA) is 59.1 Å². The van der Waals surface area contributed by atoms with E-state index in [1.54, 1.807) is 6.07 Å². The molecule has 1 aliphatic heterocycles. The van der Waals surface area contributed by atoms with Gasteiger partial charge in [-0.15, -0.1) is 0 Å². The number of halogens is 3. The Morgan fingerprint density at radius 3 is 2.65 bits per heavy atom. The van der Waals surface area contributed by atoms with Crippen molar-refractivity contribution >= 4 is 52.3 Å². The Hall–Kier alpha value is -1.10. The molecule has 0 aliphatic carbocycles. The molecule has 0 fully saturated rings. The second-order valence-electron chi connectivity index (χ2n) is 3.28. The molecule has 0 radical (unpaired) electrons. The lowest BCUT2D eigenvalue weighted by Gasteiger charge is -2.17.